The van der Waals surface area contributed by atoms with E-state index in [1.807, 2.05) is 0 Å². The second-order valence-electron chi connectivity index (χ2n) is 46.4. The minimum atomic E-state index is 0.481. The molecule has 5 heterocycles. The number of unbranched alkanes of at least 4 members (excludes halogenated alkanes) is 18. The van der Waals surface area contributed by atoms with Gasteiger partial charge in [0.15, 0.2) is 0 Å². The Bertz CT molecular complexity index is 4510. The van der Waals surface area contributed by atoms with Gasteiger partial charge in [0.2, 0.25) is 0 Å². The predicted molar refractivity (Wildman–Crippen MR) is 639 cm³/mol. The van der Waals surface area contributed by atoms with Crippen LogP contribution in [0.4, 0.5) is 0 Å². The normalized spacial score (nSPS) is 13.0. The van der Waals surface area contributed by atoms with Crippen molar-refractivity contribution < 1.29 is 22.4 Å². The van der Waals surface area contributed by atoms with E-state index in [2.05, 4.69) is 280 Å². The molecule has 1 atom stereocenters. The Morgan fingerprint density at radius 1 is 0.167 bits per heavy atom. The van der Waals surface area contributed by atoms with Crippen LogP contribution in [0.25, 0.3) is 90.9 Å². The lowest BCUT2D eigenvalue weighted by molar-refractivity contribution is -0.929. The molecule has 0 spiro atoms. The SMILES string of the molecule is CCCCC(CCCC)c1ccc(-c2c3nc(c(-c4ccc(C(CCC[N+](CCCC)(CCCC)CCCC)CCC[N+](CCCC)(CCCC)CCCC)cc4)c4ccc([nH]4)c(-c4ccc(C(CCCC)CCC[N+](CCCC)(CCCC)CCCC)cc4)c4nc(c(-c5ccc(C(CCC[N+](CCCC)(CCCC)CCCC)CCC[N+](CCCC)(CCCC)CCCC)cc5)c5ccc2[nH]5)C=C4)C=C3)cc1. The maximum Gasteiger partial charge on any atom is 0.0786 e. The van der Waals surface area contributed by atoms with Crippen molar-refractivity contribution in [3.05, 3.63) is 166 Å². The quantitative estimate of drug-likeness (QED) is 0.0373. The van der Waals surface area contributed by atoms with E-state index >= 15 is 0 Å². The third kappa shape index (κ3) is 37.4. The van der Waals surface area contributed by atoms with Crippen molar-refractivity contribution in [2.45, 2.75) is 463 Å². The van der Waals surface area contributed by atoms with Gasteiger partial charge in [-0.2, -0.15) is 0 Å². The number of quaternary nitrogens is 5. The van der Waals surface area contributed by atoms with Crippen molar-refractivity contribution in [3.63, 3.8) is 0 Å². The molecule has 0 radical (unpaired) electrons. The van der Waals surface area contributed by atoms with Gasteiger partial charge in [0, 0.05) is 44.3 Å². The molecule has 0 saturated heterocycles. The molecule has 2 aliphatic heterocycles. The molecular formula is C135H222N9+5. The van der Waals surface area contributed by atoms with Crippen LogP contribution in [0.3, 0.4) is 0 Å². The molecule has 9 heteroatoms. The number of hydrogen-bond acceptors (Lipinski definition) is 2. The summed E-state index contributed by atoms with van der Waals surface area (Å²) in [5, 5.41) is 0. The van der Waals surface area contributed by atoms with E-state index in [0.29, 0.717) is 23.7 Å². The summed E-state index contributed by atoms with van der Waals surface area (Å²) >= 11 is 0. The summed E-state index contributed by atoms with van der Waals surface area (Å²) in [6.45, 7) is 69.7. The average Bonchev–Trinajstić information content (AvgIpc) is 1.60. The van der Waals surface area contributed by atoms with E-state index in [9.17, 15) is 0 Å². The number of aromatic amines is 2. The zero-order chi connectivity index (χ0) is 103. The van der Waals surface area contributed by atoms with Crippen LogP contribution in [0.1, 0.15) is 508 Å². The van der Waals surface area contributed by atoms with Crippen LogP contribution in [0, 0.1) is 0 Å². The molecule has 7 aromatic rings. The Hall–Kier alpha value is -6.72. The minimum Gasteiger partial charge on any atom is -0.354 e. The molecule has 2 aliphatic rings. The predicted octanol–water partition coefficient (Wildman–Crippen LogP) is 39.2. The fraction of sp³-hybridized carbons (Fsp3) is 0.674. The maximum absolute atomic E-state index is 6.12. The summed E-state index contributed by atoms with van der Waals surface area (Å²) in [5.74, 6) is 2.01. The van der Waals surface area contributed by atoms with E-state index in [1.165, 1.54) is 512 Å². The topological polar surface area (TPSA) is 57.4 Å². The van der Waals surface area contributed by atoms with Crippen molar-refractivity contribution in [2.24, 2.45) is 0 Å². The van der Waals surface area contributed by atoms with Crippen molar-refractivity contribution in [2.75, 3.05) is 131 Å². The van der Waals surface area contributed by atoms with Crippen LogP contribution in [0.5, 0.6) is 0 Å². The third-order valence-corrected chi connectivity index (χ3v) is 34.9. The van der Waals surface area contributed by atoms with Crippen LogP contribution in [0.2, 0.25) is 0 Å². The first-order valence-corrected chi connectivity index (χ1v) is 62.3. The van der Waals surface area contributed by atoms with Crippen LogP contribution in [-0.2, 0) is 0 Å². The Balaban J connectivity index is 1.31. The third-order valence-electron chi connectivity index (χ3n) is 34.9. The van der Waals surface area contributed by atoms with Gasteiger partial charge in [-0.05, 0) is 297 Å². The zero-order valence-corrected chi connectivity index (χ0v) is 97.1. The molecule has 802 valence electrons. The van der Waals surface area contributed by atoms with Crippen molar-refractivity contribution >= 4 is 46.4 Å². The summed E-state index contributed by atoms with van der Waals surface area (Å²) in [6, 6.07) is 49.9. The number of H-pyrrole nitrogens is 2. The fourth-order valence-corrected chi connectivity index (χ4v) is 25.5. The summed E-state index contributed by atoms with van der Waals surface area (Å²) in [6.07, 6.45) is 72.1. The van der Waals surface area contributed by atoms with Crippen LogP contribution in [-0.4, -0.2) is 173 Å². The smallest absolute Gasteiger partial charge is 0.0786 e. The maximum atomic E-state index is 6.12. The zero-order valence-electron chi connectivity index (χ0n) is 97.1. The van der Waals surface area contributed by atoms with E-state index in [0.717, 1.165) is 67.1 Å². The molecule has 0 amide bonds. The minimum absolute atomic E-state index is 0.481. The Morgan fingerprint density at radius 2 is 0.299 bits per heavy atom. The molecule has 8 bridgehead atoms. The monoisotopic (exact) mass is 1970 g/mol. The first kappa shape index (κ1) is 121. The number of rotatable bonds is 82. The number of nitrogens with zero attached hydrogens (tertiary/aromatic N) is 7. The Kier molecular flexibility index (Phi) is 56.6. The first-order valence-electron chi connectivity index (χ1n) is 62.3. The molecule has 0 saturated carbocycles. The van der Waals surface area contributed by atoms with Crippen LogP contribution >= 0.6 is 0 Å². The number of fused-ring (bicyclic) bond motifs is 8. The van der Waals surface area contributed by atoms with Gasteiger partial charge in [0.1, 0.15) is 0 Å². The van der Waals surface area contributed by atoms with Gasteiger partial charge >= 0.3 is 0 Å². The van der Waals surface area contributed by atoms with Crippen molar-refractivity contribution in [1.29, 1.82) is 0 Å². The fourth-order valence-electron chi connectivity index (χ4n) is 25.5. The molecule has 9 rings (SSSR count). The Morgan fingerprint density at radius 3 is 0.438 bits per heavy atom. The molecule has 0 aliphatic carbocycles. The largest absolute Gasteiger partial charge is 0.354 e. The van der Waals surface area contributed by atoms with Gasteiger partial charge < -0.3 is 32.4 Å². The molecule has 144 heavy (non-hydrogen) atoms. The highest BCUT2D eigenvalue weighted by Crippen LogP contribution is 2.44. The molecule has 4 aromatic carbocycles. The lowest BCUT2D eigenvalue weighted by Crippen LogP contribution is -2.51. The number of nitrogens with one attached hydrogen (secondary N) is 2. The highest BCUT2D eigenvalue weighted by Gasteiger charge is 2.35. The highest BCUT2D eigenvalue weighted by molar-refractivity contribution is 6.00. The van der Waals surface area contributed by atoms with Crippen molar-refractivity contribution in [1.82, 2.24) is 19.9 Å². The summed E-state index contributed by atoms with van der Waals surface area (Å²) in [5.41, 5.74) is 23.6. The first-order chi connectivity index (χ1) is 70.5. The average molecular weight is 1970 g/mol. The van der Waals surface area contributed by atoms with Gasteiger partial charge in [-0.15, -0.1) is 0 Å². The van der Waals surface area contributed by atoms with Gasteiger partial charge in [0.25, 0.3) is 0 Å². The van der Waals surface area contributed by atoms with Gasteiger partial charge in [-0.25, -0.2) is 9.97 Å². The number of hydrogen-bond donors (Lipinski definition) is 2. The van der Waals surface area contributed by atoms with E-state index in [1.54, 1.807) is 0 Å². The van der Waals surface area contributed by atoms with E-state index in [4.69, 9.17) is 9.97 Å². The summed E-state index contributed by atoms with van der Waals surface area (Å²) in [7, 11) is 0. The van der Waals surface area contributed by atoms with Gasteiger partial charge in [0.05, 0.1) is 154 Å². The highest BCUT2D eigenvalue weighted by atomic mass is 15.4. The standard InChI is InChI=1S/C135H222N9/c1-19-37-60-112(61-38-20-2)116-68-76-120(77-69-116)132-124-84-88-128(136-124)134(122-80-72-118(73-81-122)114(64-56-108-141(95-43-25-7,96-44-26-8)97-45-27-9)65-57-109-142(98-46-28-10,99-47-29-11)100-48-30-12)130-90-86-126(138-130)133(121-78-70-117(71-79-121)113(62-39-21-3)63-55-107-140(92-40-22-4,93-41-23-5)94-42-24-6)127-87-91-131(139-127)135(129-89-85-125(132)137-129)123-82-74-119(75-83-123)115(66-58-110-143(101-49-31-13,102-50-32-14)103-51-33-15)67-59-111-144(104-52-34-16,105-53-35-17)106-54-36-18/h68-91,112-115,136,139H,19-67,92-111H2,1-18H3/q+5. The van der Waals surface area contributed by atoms with Crippen LogP contribution in [0.15, 0.2) is 121 Å². The molecule has 2 N–H and O–H groups in total. The molecule has 3 aromatic heterocycles. The van der Waals surface area contributed by atoms with Crippen molar-refractivity contribution in [3.8, 4) is 44.5 Å². The lowest BCUT2D eigenvalue weighted by Gasteiger charge is -2.40. The van der Waals surface area contributed by atoms with E-state index < -0.39 is 0 Å². The lowest BCUT2D eigenvalue weighted by atomic mass is 9.88. The second-order valence-corrected chi connectivity index (χ2v) is 46.4. The van der Waals surface area contributed by atoms with E-state index in [-0.39, 0.29) is 0 Å². The second kappa shape index (κ2) is 67.5. The van der Waals surface area contributed by atoms with Gasteiger partial charge in [-0.1, -0.05) is 357 Å². The summed E-state index contributed by atoms with van der Waals surface area (Å²) < 4.78 is 6.54. The molecular weight excluding hydrogens is 1750 g/mol. The molecule has 9 nitrogen and oxygen atoms in total. The number of aromatic nitrogens is 4. The Labute approximate surface area is 887 Å². The van der Waals surface area contributed by atoms with Crippen LogP contribution < -0.4 is 0 Å². The molecule has 0 fully saturated rings. The van der Waals surface area contributed by atoms with Gasteiger partial charge in [-0.3, -0.25) is 0 Å². The summed E-state index contributed by atoms with van der Waals surface area (Å²) in [4.78, 5) is 20.8. The molecule has 1 unspecified atom stereocenters. The number of benzene rings is 4.